The van der Waals surface area contributed by atoms with Gasteiger partial charge in [-0.05, 0) is 51.8 Å². The summed E-state index contributed by atoms with van der Waals surface area (Å²) in [5.41, 5.74) is 0.453. The van der Waals surface area contributed by atoms with Crippen LogP contribution < -0.4 is 10.1 Å². The van der Waals surface area contributed by atoms with E-state index in [1.165, 1.54) is 4.90 Å². The van der Waals surface area contributed by atoms with Crippen molar-refractivity contribution in [2.45, 2.75) is 39.7 Å². The van der Waals surface area contributed by atoms with Crippen LogP contribution in [0.25, 0.3) is 0 Å². The lowest BCUT2D eigenvalue weighted by molar-refractivity contribution is 0.0528. The van der Waals surface area contributed by atoms with Crippen LogP contribution in [0.2, 0.25) is 0 Å². The molecule has 0 unspecified atom stereocenters. The monoisotopic (exact) mass is 322 g/mol. The maximum absolute atomic E-state index is 11.7. The molecule has 23 heavy (non-hydrogen) atoms. The number of carbonyl (C=O) groups excluding carboxylic acids is 2. The average Bonchev–Trinajstić information content (AvgIpc) is 2.44. The van der Waals surface area contributed by atoms with Crippen LogP contribution in [0.1, 0.15) is 33.3 Å². The molecular formula is C17H26N2O4. The van der Waals surface area contributed by atoms with Gasteiger partial charge in [0.1, 0.15) is 11.4 Å². The zero-order valence-corrected chi connectivity index (χ0v) is 14.5. The first-order valence-corrected chi connectivity index (χ1v) is 7.70. The van der Waals surface area contributed by atoms with Crippen molar-refractivity contribution in [2.24, 2.45) is 0 Å². The molecule has 0 spiro atoms. The van der Waals surface area contributed by atoms with Crippen molar-refractivity contribution in [3.8, 4) is 5.75 Å². The fourth-order valence-corrected chi connectivity index (χ4v) is 1.70. The average molecular weight is 322 g/mol. The van der Waals surface area contributed by atoms with Crippen molar-refractivity contribution in [3.05, 3.63) is 29.8 Å². The van der Waals surface area contributed by atoms with Crippen LogP contribution in [0.15, 0.2) is 24.3 Å². The highest BCUT2D eigenvalue weighted by molar-refractivity contribution is 5.70. The lowest BCUT2D eigenvalue weighted by Gasteiger charge is -2.19. The van der Waals surface area contributed by atoms with Crippen molar-refractivity contribution >= 4 is 12.2 Å². The Morgan fingerprint density at radius 3 is 2.57 bits per heavy atom. The molecule has 0 fully saturated rings. The topological polar surface area (TPSA) is 67.9 Å². The molecule has 0 saturated heterocycles. The van der Waals surface area contributed by atoms with Crippen molar-refractivity contribution in [1.82, 2.24) is 10.2 Å². The van der Waals surface area contributed by atoms with Crippen molar-refractivity contribution in [3.63, 3.8) is 0 Å². The molecule has 0 radical (unpaired) electrons. The van der Waals surface area contributed by atoms with Crippen LogP contribution in [-0.2, 0) is 11.2 Å². The number of amides is 2. The van der Waals surface area contributed by atoms with Crippen molar-refractivity contribution < 1.29 is 19.1 Å². The second kappa shape index (κ2) is 8.41. The minimum Gasteiger partial charge on any atom is -0.444 e. The Balaban J connectivity index is 2.48. The molecule has 6 heteroatoms. The summed E-state index contributed by atoms with van der Waals surface area (Å²) < 4.78 is 10.4. The van der Waals surface area contributed by atoms with Crippen molar-refractivity contribution in [2.75, 3.05) is 20.1 Å². The zero-order valence-electron chi connectivity index (χ0n) is 14.5. The van der Waals surface area contributed by atoms with Gasteiger partial charge in [0.25, 0.3) is 0 Å². The SMILES string of the molecule is CCN(C)C(=O)Oc1cccc(CCNC(=O)OC(C)(C)C)c1. The summed E-state index contributed by atoms with van der Waals surface area (Å²) in [6.45, 7) is 8.35. The molecule has 0 aliphatic heterocycles. The number of nitrogens with zero attached hydrogens (tertiary/aromatic N) is 1. The van der Waals surface area contributed by atoms with Crippen LogP contribution in [0.3, 0.4) is 0 Å². The fraction of sp³-hybridized carbons (Fsp3) is 0.529. The molecule has 1 aromatic carbocycles. The van der Waals surface area contributed by atoms with Crippen LogP contribution in [-0.4, -0.2) is 42.8 Å². The van der Waals surface area contributed by atoms with E-state index in [9.17, 15) is 9.59 Å². The molecule has 0 saturated carbocycles. The zero-order chi connectivity index (χ0) is 17.5. The van der Waals surface area contributed by atoms with Crippen LogP contribution in [0, 0.1) is 0 Å². The Hall–Kier alpha value is -2.24. The molecule has 0 heterocycles. The van der Waals surface area contributed by atoms with E-state index in [2.05, 4.69) is 5.32 Å². The Labute approximate surface area is 137 Å². The molecule has 0 atom stereocenters. The van der Waals surface area contributed by atoms with Gasteiger partial charge in [-0.25, -0.2) is 9.59 Å². The lowest BCUT2D eigenvalue weighted by Crippen LogP contribution is -2.33. The number of rotatable bonds is 5. The van der Waals surface area contributed by atoms with Gasteiger partial charge in [0.15, 0.2) is 0 Å². The summed E-state index contributed by atoms with van der Waals surface area (Å²) in [4.78, 5) is 24.8. The minimum absolute atomic E-state index is 0.392. The first kappa shape index (κ1) is 18.8. The molecule has 0 aromatic heterocycles. The summed E-state index contributed by atoms with van der Waals surface area (Å²) >= 11 is 0. The van der Waals surface area contributed by atoms with E-state index in [4.69, 9.17) is 9.47 Å². The maximum atomic E-state index is 11.7. The fourth-order valence-electron chi connectivity index (χ4n) is 1.70. The molecule has 0 aliphatic rings. The van der Waals surface area contributed by atoms with Gasteiger partial charge in [-0.3, -0.25) is 0 Å². The normalized spacial score (nSPS) is 10.8. The minimum atomic E-state index is -0.510. The summed E-state index contributed by atoms with van der Waals surface area (Å²) in [6, 6.07) is 7.25. The molecule has 1 rings (SSSR count). The van der Waals surface area contributed by atoms with Crippen molar-refractivity contribution in [1.29, 1.82) is 0 Å². The first-order valence-electron chi connectivity index (χ1n) is 7.70. The highest BCUT2D eigenvalue weighted by Gasteiger charge is 2.15. The smallest absolute Gasteiger partial charge is 0.414 e. The van der Waals surface area contributed by atoms with E-state index in [0.29, 0.717) is 25.3 Å². The highest BCUT2D eigenvalue weighted by atomic mass is 16.6. The number of alkyl carbamates (subject to hydrolysis) is 1. The van der Waals surface area contributed by atoms with Crippen LogP contribution in [0.5, 0.6) is 5.75 Å². The molecule has 6 nitrogen and oxygen atoms in total. The third-order valence-corrected chi connectivity index (χ3v) is 2.97. The summed E-state index contributed by atoms with van der Waals surface area (Å²) in [7, 11) is 1.68. The van der Waals surface area contributed by atoms with Gasteiger partial charge in [-0.1, -0.05) is 12.1 Å². The molecule has 0 bridgehead atoms. The van der Waals surface area contributed by atoms with Gasteiger partial charge in [-0.2, -0.15) is 0 Å². The third kappa shape index (κ3) is 7.54. The summed E-state index contributed by atoms with van der Waals surface area (Å²) in [6.07, 6.45) is -0.213. The highest BCUT2D eigenvalue weighted by Crippen LogP contribution is 2.14. The lowest BCUT2D eigenvalue weighted by atomic mass is 10.1. The third-order valence-electron chi connectivity index (χ3n) is 2.97. The molecule has 0 aliphatic carbocycles. The predicted octanol–water partition coefficient (Wildman–Crippen LogP) is 3.20. The largest absolute Gasteiger partial charge is 0.444 e. The molecule has 2 amide bonds. The van der Waals surface area contributed by atoms with E-state index in [-0.39, 0.29) is 0 Å². The van der Waals surface area contributed by atoms with Gasteiger partial charge < -0.3 is 19.7 Å². The van der Waals surface area contributed by atoms with E-state index in [0.717, 1.165) is 5.56 Å². The molecule has 1 aromatic rings. The Bertz CT molecular complexity index is 538. The van der Waals surface area contributed by atoms with Gasteiger partial charge >= 0.3 is 12.2 Å². The summed E-state index contributed by atoms with van der Waals surface area (Å²) in [5, 5.41) is 2.70. The van der Waals surface area contributed by atoms with Gasteiger partial charge in [0.2, 0.25) is 0 Å². The number of ether oxygens (including phenoxy) is 2. The second-order valence-electron chi connectivity index (χ2n) is 6.21. The van der Waals surface area contributed by atoms with E-state index in [1.807, 2.05) is 39.8 Å². The van der Waals surface area contributed by atoms with Gasteiger partial charge in [-0.15, -0.1) is 0 Å². The number of hydrogen-bond donors (Lipinski definition) is 1. The Kier molecular flexibility index (Phi) is 6.88. The van der Waals surface area contributed by atoms with Crippen LogP contribution in [0.4, 0.5) is 9.59 Å². The molecule has 1 N–H and O–H groups in total. The van der Waals surface area contributed by atoms with E-state index >= 15 is 0 Å². The van der Waals surface area contributed by atoms with E-state index in [1.54, 1.807) is 19.2 Å². The Morgan fingerprint density at radius 1 is 1.26 bits per heavy atom. The molecular weight excluding hydrogens is 296 g/mol. The maximum Gasteiger partial charge on any atom is 0.414 e. The molecule has 128 valence electrons. The van der Waals surface area contributed by atoms with Gasteiger partial charge in [0.05, 0.1) is 0 Å². The summed E-state index contributed by atoms with van der Waals surface area (Å²) in [5.74, 6) is 0.491. The second-order valence-corrected chi connectivity index (χ2v) is 6.21. The standard InChI is InChI=1S/C17H26N2O4/c1-6-19(5)16(21)22-14-9-7-8-13(12-14)10-11-18-15(20)23-17(2,3)4/h7-9,12H,6,10-11H2,1-5H3,(H,18,20). The Morgan fingerprint density at radius 2 is 1.96 bits per heavy atom. The first-order chi connectivity index (χ1) is 10.7. The number of nitrogens with one attached hydrogen (secondary N) is 1. The van der Waals surface area contributed by atoms with E-state index < -0.39 is 17.8 Å². The quantitative estimate of drug-likeness (QED) is 0.904. The van der Waals surface area contributed by atoms with Crippen LogP contribution >= 0.6 is 0 Å². The predicted molar refractivity (Wildman–Crippen MR) is 88.7 cm³/mol. The van der Waals surface area contributed by atoms with Gasteiger partial charge in [0, 0.05) is 20.1 Å². The number of carbonyl (C=O) groups is 2. The number of benzene rings is 1. The number of hydrogen-bond acceptors (Lipinski definition) is 4.